The highest BCUT2D eigenvalue weighted by molar-refractivity contribution is 5.70. The van der Waals surface area contributed by atoms with Gasteiger partial charge >= 0.3 is 0 Å². The third kappa shape index (κ3) is 4.34. The van der Waals surface area contributed by atoms with Gasteiger partial charge in [0.25, 0.3) is 0 Å². The molecule has 17 heavy (non-hydrogen) atoms. The summed E-state index contributed by atoms with van der Waals surface area (Å²) in [4.78, 5) is 11.5. The van der Waals surface area contributed by atoms with Crippen molar-refractivity contribution in [3.05, 3.63) is 90.0 Å². The van der Waals surface area contributed by atoms with Gasteiger partial charge in [-0.2, -0.15) is 0 Å². The quantitative estimate of drug-likeness (QED) is 0.738. The fourth-order valence-electron chi connectivity index (χ4n) is 1.18. The van der Waals surface area contributed by atoms with Crippen LogP contribution in [0.5, 0.6) is 0 Å². The molecule has 1 aromatic rings. The number of hydrogen-bond donors (Lipinski definition) is 0. The van der Waals surface area contributed by atoms with E-state index in [1.54, 1.807) is 42.5 Å². The maximum atomic E-state index is 11.5. The van der Waals surface area contributed by atoms with Crippen molar-refractivity contribution < 1.29 is 4.42 Å². The lowest BCUT2D eigenvalue weighted by molar-refractivity contribution is 0.540. The van der Waals surface area contributed by atoms with Gasteiger partial charge in [-0.3, -0.25) is 4.79 Å². The minimum absolute atomic E-state index is 0.142. The first-order chi connectivity index (χ1) is 8.27. The van der Waals surface area contributed by atoms with E-state index in [4.69, 9.17) is 4.42 Å². The Kier molecular flexibility index (Phi) is 5.25. The Morgan fingerprint density at radius 1 is 1.18 bits per heavy atom. The largest absolute Gasteiger partial charge is 0.464 e. The zero-order chi connectivity index (χ0) is 12.5. The Labute approximate surface area is 101 Å². The summed E-state index contributed by atoms with van der Waals surface area (Å²) < 4.78 is 5.38. The van der Waals surface area contributed by atoms with E-state index in [0.29, 0.717) is 11.3 Å². The van der Waals surface area contributed by atoms with Crippen LogP contribution in [-0.2, 0) is 0 Å². The number of rotatable bonds is 3. The van der Waals surface area contributed by atoms with E-state index in [2.05, 4.69) is 13.2 Å². The number of allylic oxidation sites excluding steroid dienone is 4. The molecule has 0 aliphatic rings. The lowest BCUT2D eigenvalue weighted by Crippen LogP contribution is -1.93. The minimum atomic E-state index is -0.142. The standard InChI is InChI=1S/C15H14O2/c1-3-9-13(4-2)15-12-14(16)10-7-5-6-8-11-17-15/h3-12H,1-2H2/b6-5?,10-7?,11-8?,13-9+,15-12?. The second-order valence-electron chi connectivity index (χ2n) is 3.16. The summed E-state index contributed by atoms with van der Waals surface area (Å²) in [6.45, 7) is 7.27. The molecule has 0 amide bonds. The van der Waals surface area contributed by atoms with Crippen LogP contribution >= 0.6 is 0 Å². The van der Waals surface area contributed by atoms with Gasteiger partial charge in [0.05, 0.1) is 6.26 Å². The highest BCUT2D eigenvalue weighted by Gasteiger charge is 1.96. The van der Waals surface area contributed by atoms with Crippen molar-refractivity contribution >= 4 is 5.57 Å². The molecule has 86 valence electrons. The van der Waals surface area contributed by atoms with E-state index in [0.717, 1.165) is 0 Å². The third-order valence-electron chi connectivity index (χ3n) is 1.94. The highest BCUT2D eigenvalue weighted by Crippen LogP contribution is 2.12. The summed E-state index contributed by atoms with van der Waals surface area (Å²) in [5, 5.41) is 0. The molecular formula is C15H14O2. The van der Waals surface area contributed by atoms with Crippen molar-refractivity contribution in [2.75, 3.05) is 0 Å². The van der Waals surface area contributed by atoms with Gasteiger partial charge in [0.2, 0.25) is 0 Å². The SMILES string of the molecule is C=C/C=C(\C=C)c1cc(=O)cccccco1. The Balaban J connectivity index is 3.47. The van der Waals surface area contributed by atoms with Gasteiger partial charge < -0.3 is 4.42 Å². The first kappa shape index (κ1) is 12.7. The zero-order valence-corrected chi connectivity index (χ0v) is 9.50. The summed E-state index contributed by atoms with van der Waals surface area (Å²) in [7, 11) is 0. The summed E-state index contributed by atoms with van der Waals surface area (Å²) in [6, 6.07) is 9.83. The molecule has 2 heteroatoms. The van der Waals surface area contributed by atoms with E-state index in [1.165, 1.54) is 18.4 Å². The molecule has 0 N–H and O–H groups in total. The molecule has 2 nitrogen and oxygen atoms in total. The summed E-state index contributed by atoms with van der Waals surface area (Å²) in [5.41, 5.74) is 0.563. The predicted octanol–water partition coefficient (Wildman–Crippen LogP) is 3.52. The van der Waals surface area contributed by atoms with E-state index in [9.17, 15) is 4.79 Å². The Morgan fingerprint density at radius 3 is 2.65 bits per heavy atom. The monoisotopic (exact) mass is 226 g/mol. The van der Waals surface area contributed by atoms with Crippen LogP contribution in [0.4, 0.5) is 0 Å². The van der Waals surface area contributed by atoms with E-state index in [-0.39, 0.29) is 5.43 Å². The normalized spacial score (nSPS) is 10.2. The van der Waals surface area contributed by atoms with Crippen molar-refractivity contribution in [1.29, 1.82) is 0 Å². The molecule has 0 spiro atoms. The van der Waals surface area contributed by atoms with Crippen molar-refractivity contribution in [2.45, 2.75) is 0 Å². The van der Waals surface area contributed by atoms with Gasteiger partial charge in [-0.15, -0.1) is 0 Å². The average molecular weight is 226 g/mol. The molecule has 0 saturated carbocycles. The Bertz CT molecular complexity index is 535. The summed E-state index contributed by atoms with van der Waals surface area (Å²) >= 11 is 0. The van der Waals surface area contributed by atoms with Crippen LogP contribution in [0.3, 0.4) is 0 Å². The predicted molar refractivity (Wildman–Crippen MR) is 71.0 cm³/mol. The molecule has 0 aromatic carbocycles. The van der Waals surface area contributed by atoms with Gasteiger partial charge in [0.15, 0.2) is 5.43 Å². The lowest BCUT2D eigenvalue weighted by Gasteiger charge is -1.96. The van der Waals surface area contributed by atoms with Crippen LogP contribution < -0.4 is 5.43 Å². The molecule has 0 fully saturated rings. The molecule has 0 aliphatic heterocycles. The third-order valence-corrected chi connectivity index (χ3v) is 1.94. The van der Waals surface area contributed by atoms with Crippen molar-refractivity contribution in [2.24, 2.45) is 0 Å². The van der Waals surface area contributed by atoms with E-state index in [1.807, 2.05) is 0 Å². The minimum Gasteiger partial charge on any atom is -0.464 e. The fourth-order valence-corrected chi connectivity index (χ4v) is 1.18. The zero-order valence-electron chi connectivity index (χ0n) is 9.50. The maximum Gasteiger partial charge on any atom is 0.182 e. The molecule has 0 unspecified atom stereocenters. The van der Waals surface area contributed by atoms with Crippen molar-refractivity contribution in [3.8, 4) is 0 Å². The summed E-state index contributed by atoms with van der Waals surface area (Å²) in [6.07, 6.45) is 6.46. The van der Waals surface area contributed by atoms with Crippen molar-refractivity contribution in [1.82, 2.24) is 0 Å². The molecule has 0 aliphatic carbocycles. The molecule has 0 radical (unpaired) electrons. The van der Waals surface area contributed by atoms with Crippen molar-refractivity contribution in [3.63, 3.8) is 0 Å². The van der Waals surface area contributed by atoms with Gasteiger partial charge in [-0.05, 0) is 12.1 Å². The second-order valence-corrected chi connectivity index (χ2v) is 3.16. The van der Waals surface area contributed by atoms with E-state index < -0.39 is 0 Å². The molecule has 0 atom stereocenters. The number of hydrogen-bond acceptors (Lipinski definition) is 2. The van der Waals surface area contributed by atoms with Gasteiger partial charge in [-0.25, -0.2) is 0 Å². The van der Waals surface area contributed by atoms with Crippen LogP contribution in [-0.4, -0.2) is 0 Å². The molecule has 0 saturated heterocycles. The second kappa shape index (κ2) is 7.01. The molecule has 0 bridgehead atoms. The molecular weight excluding hydrogens is 212 g/mol. The average Bonchev–Trinajstić information content (AvgIpc) is 2.34. The molecule has 1 rings (SSSR count). The first-order valence-electron chi connectivity index (χ1n) is 5.15. The topological polar surface area (TPSA) is 30.2 Å². The Morgan fingerprint density at radius 2 is 1.94 bits per heavy atom. The first-order valence-corrected chi connectivity index (χ1v) is 5.15. The van der Waals surface area contributed by atoms with Gasteiger partial charge in [-0.1, -0.05) is 49.6 Å². The maximum absolute atomic E-state index is 11.5. The molecule has 1 aromatic heterocycles. The van der Waals surface area contributed by atoms with Crippen LogP contribution in [0, 0.1) is 0 Å². The fraction of sp³-hybridized carbons (Fsp3) is 0. The summed E-state index contributed by atoms with van der Waals surface area (Å²) in [5.74, 6) is 0.445. The van der Waals surface area contributed by atoms with Crippen LogP contribution in [0.2, 0.25) is 0 Å². The van der Waals surface area contributed by atoms with Gasteiger partial charge in [0.1, 0.15) is 5.76 Å². The van der Waals surface area contributed by atoms with Crippen LogP contribution in [0.15, 0.2) is 83.3 Å². The van der Waals surface area contributed by atoms with Gasteiger partial charge in [0, 0.05) is 11.6 Å². The smallest absolute Gasteiger partial charge is 0.182 e. The van der Waals surface area contributed by atoms with Crippen LogP contribution in [0.1, 0.15) is 5.76 Å². The lowest BCUT2D eigenvalue weighted by atomic mass is 10.2. The van der Waals surface area contributed by atoms with Crippen LogP contribution in [0.25, 0.3) is 5.57 Å². The molecule has 1 heterocycles. The van der Waals surface area contributed by atoms with E-state index >= 15 is 0 Å². The Hall–Kier alpha value is -2.35. The highest BCUT2D eigenvalue weighted by atomic mass is 16.3.